The van der Waals surface area contributed by atoms with Crippen LogP contribution in [0.25, 0.3) is 0 Å². The number of hydrogen-bond acceptors (Lipinski definition) is 4. The molecular weight excluding hydrogens is 204 g/mol. The van der Waals surface area contributed by atoms with E-state index < -0.39 is 5.79 Å². The van der Waals surface area contributed by atoms with Crippen molar-refractivity contribution in [2.24, 2.45) is 5.73 Å². The molecular formula is C12H24N2O2. The molecule has 0 bridgehead atoms. The molecule has 2 aliphatic rings. The van der Waals surface area contributed by atoms with E-state index in [1.54, 1.807) is 0 Å². The summed E-state index contributed by atoms with van der Waals surface area (Å²) in [5.41, 5.74) is 5.89. The number of ether oxygens (including phenoxy) is 2. The summed E-state index contributed by atoms with van der Waals surface area (Å²) >= 11 is 0. The third-order valence-electron chi connectivity index (χ3n) is 3.51. The zero-order valence-corrected chi connectivity index (χ0v) is 10.4. The number of hydrogen-bond donors (Lipinski definition) is 2. The van der Waals surface area contributed by atoms with E-state index in [1.807, 2.05) is 13.8 Å². The van der Waals surface area contributed by atoms with E-state index in [0.717, 1.165) is 26.1 Å². The lowest BCUT2D eigenvalue weighted by Gasteiger charge is -2.38. The van der Waals surface area contributed by atoms with Crippen molar-refractivity contribution in [2.75, 3.05) is 13.2 Å². The first-order valence-corrected chi connectivity index (χ1v) is 6.35. The van der Waals surface area contributed by atoms with Crippen molar-refractivity contribution < 1.29 is 9.47 Å². The molecule has 2 rings (SSSR count). The molecule has 1 saturated heterocycles. The Morgan fingerprint density at radius 2 is 1.56 bits per heavy atom. The maximum Gasteiger partial charge on any atom is 0.162 e. The molecule has 4 heteroatoms. The maximum atomic E-state index is 5.89. The van der Waals surface area contributed by atoms with Gasteiger partial charge in [-0.15, -0.1) is 0 Å². The predicted octanol–water partition coefficient (Wildman–Crippen LogP) is 0.997. The summed E-state index contributed by atoms with van der Waals surface area (Å²) in [6.45, 7) is 5.41. The second kappa shape index (κ2) is 5.00. The molecule has 0 amide bonds. The minimum absolute atomic E-state index is 0.340. The van der Waals surface area contributed by atoms with Gasteiger partial charge in [0.1, 0.15) is 0 Å². The molecule has 0 aromatic carbocycles. The number of rotatable bonds is 2. The molecule has 1 aliphatic heterocycles. The minimum atomic E-state index is -0.410. The van der Waals surface area contributed by atoms with E-state index in [4.69, 9.17) is 15.2 Å². The quantitative estimate of drug-likeness (QED) is 0.740. The molecule has 2 fully saturated rings. The van der Waals surface area contributed by atoms with E-state index >= 15 is 0 Å². The summed E-state index contributed by atoms with van der Waals surface area (Å²) in [5.74, 6) is -0.410. The van der Waals surface area contributed by atoms with Gasteiger partial charge in [0, 0.05) is 12.1 Å². The molecule has 1 aliphatic carbocycles. The minimum Gasteiger partial charge on any atom is -0.349 e. The molecule has 1 heterocycles. The van der Waals surface area contributed by atoms with Crippen LogP contribution in [0.3, 0.4) is 0 Å². The normalized spacial score (nSPS) is 36.2. The van der Waals surface area contributed by atoms with Crippen molar-refractivity contribution in [1.29, 1.82) is 0 Å². The van der Waals surface area contributed by atoms with Crippen LogP contribution in [0.5, 0.6) is 0 Å². The standard InChI is InChI=1S/C12H24N2O2/c1-12(2)15-7-11(8-16-12)14-10-5-3-9(13)4-6-10/h9-11,14H,3-8,13H2,1-2H3. The second-order valence-electron chi connectivity index (χ2n) is 5.50. The Bertz CT molecular complexity index is 215. The van der Waals surface area contributed by atoms with Gasteiger partial charge in [0.15, 0.2) is 5.79 Å². The van der Waals surface area contributed by atoms with Crippen LogP contribution in [-0.4, -0.2) is 37.1 Å². The first kappa shape index (κ1) is 12.3. The fourth-order valence-electron chi connectivity index (χ4n) is 2.41. The Labute approximate surface area is 97.9 Å². The van der Waals surface area contributed by atoms with Gasteiger partial charge in [0.2, 0.25) is 0 Å². The van der Waals surface area contributed by atoms with Gasteiger partial charge in [-0.25, -0.2) is 0 Å². The van der Waals surface area contributed by atoms with Crippen LogP contribution in [0, 0.1) is 0 Å². The van der Waals surface area contributed by atoms with Gasteiger partial charge in [-0.3, -0.25) is 0 Å². The molecule has 0 spiro atoms. The SMILES string of the molecule is CC1(C)OCC(NC2CCC(N)CC2)CO1. The van der Waals surface area contributed by atoms with Crippen molar-refractivity contribution in [2.45, 2.75) is 63.4 Å². The highest BCUT2D eigenvalue weighted by Crippen LogP contribution is 2.20. The summed E-state index contributed by atoms with van der Waals surface area (Å²) in [6, 6.07) is 1.35. The van der Waals surface area contributed by atoms with Gasteiger partial charge in [-0.05, 0) is 39.5 Å². The summed E-state index contributed by atoms with van der Waals surface area (Å²) < 4.78 is 11.3. The van der Waals surface area contributed by atoms with Gasteiger partial charge in [-0.1, -0.05) is 0 Å². The molecule has 3 N–H and O–H groups in total. The van der Waals surface area contributed by atoms with Crippen molar-refractivity contribution in [3.8, 4) is 0 Å². The van der Waals surface area contributed by atoms with Crippen LogP contribution in [-0.2, 0) is 9.47 Å². The highest BCUT2D eigenvalue weighted by atomic mass is 16.7. The van der Waals surface area contributed by atoms with Crippen LogP contribution in [0.15, 0.2) is 0 Å². The van der Waals surface area contributed by atoms with E-state index in [9.17, 15) is 0 Å². The van der Waals surface area contributed by atoms with Gasteiger partial charge in [-0.2, -0.15) is 0 Å². The van der Waals surface area contributed by atoms with Crippen LogP contribution in [0.1, 0.15) is 39.5 Å². The zero-order chi connectivity index (χ0) is 11.6. The van der Waals surface area contributed by atoms with Crippen LogP contribution >= 0.6 is 0 Å². The van der Waals surface area contributed by atoms with E-state index in [2.05, 4.69) is 5.32 Å². The van der Waals surface area contributed by atoms with E-state index in [0.29, 0.717) is 18.1 Å². The van der Waals surface area contributed by atoms with E-state index in [1.165, 1.54) is 12.8 Å². The molecule has 0 aromatic rings. The zero-order valence-electron chi connectivity index (χ0n) is 10.4. The molecule has 16 heavy (non-hydrogen) atoms. The Morgan fingerprint density at radius 3 is 2.12 bits per heavy atom. The monoisotopic (exact) mass is 228 g/mol. The summed E-state index contributed by atoms with van der Waals surface area (Å²) in [6.07, 6.45) is 4.64. The predicted molar refractivity (Wildman–Crippen MR) is 63.1 cm³/mol. The topological polar surface area (TPSA) is 56.5 Å². The highest BCUT2D eigenvalue weighted by Gasteiger charge is 2.30. The third-order valence-corrected chi connectivity index (χ3v) is 3.51. The maximum absolute atomic E-state index is 5.89. The van der Waals surface area contributed by atoms with Crippen LogP contribution < -0.4 is 11.1 Å². The smallest absolute Gasteiger partial charge is 0.162 e. The van der Waals surface area contributed by atoms with Crippen molar-refractivity contribution in [3.05, 3.63) is 0 Å². The molecule has 1 saturated carbocycles. The largest absolute Gasteiger partial charge is 0.349 e. The summed E-state index contributed by atoms with van der Waals surface area (Å²) in [4.78, 5) is 0. The highest BCUT2D eigenvalue weighted by molar-refractivity contribution is 4.83. The Kier molecular flexibility index (Phi) is 3.85. The molecule has 0 unspecified atom stereocenters. The summed E-state index contributed by atoms with van der Waals surface area (Å²) in [7, 11) is 0. The van der Waals surface area contributed by atoms with Gasteiger partial charge in [0.05, 0.1) is 19.3 Å². The first-order valence-electron chi connectivity index (χ1n) is 6.35. The van der Waals surface area contributed by atoms with Gasteiger partial charge >= 0.3 is 0 Å². The molecule has 94 valence electrons. The second-order valence-corrected chi connectivity index (χ2v) is 5.50. The Hall–Kier alpha value is -0.160. The third kappa shape index (κ3) is 3.42. The molecule has 4 nitrogen and oxygen atoms in total. The number of nitrogens with two attached hydrogens (primary N) is 1. The summed E-state index contributed by atoms with van der Waals surface area (Å²) in [5, 5.41) is 3.61. The van der Waals surface area contributed by atoms with Gasteiger partial charge < -0.3 is 20.5 Å². The molecule has 0 radical (unpaired) electrons. The molecule has 0 aromatic heterocycles. The van der Waals surface area contributed by atoms with Crippen LogP contribution in [0.2, 0.25) is 0 Å². The average molecular weight is 228 g/mol. The lowest BCUT2D eigenvalue weighted by atomic mass is 9.91. The van der Waals surface area contributed by atoms with Crippen molar-refractivity contribution in [3.63, 3.8) is 0 Å². The van der Waals surface area contributed by atoms with Crippen LogP contribution in [0.4, 0.5) is 0 Å². The Morgan fingerprint density at radius 1 is 1.00 bits per heavy atom. The first-order chi connectivity index (χ1) is 7.55. The Balaban J connectivity index is 1.71. The fraction of sp³-hybridized carbons (Fsp3) is 1.00. The van der Waals surface area contributed by atoms with Crippen molar-refractivity contribution >= 4 is 0 Å². The van der Waals surface area contributed by atoms with Crippen molar-refractivity contribution in [1.82, 2.24) is 5.32 Å². The molecule has 0 atom stereocenters. The number of nitrogens with one attached hydrogen (secondary N) is 1. The lowest BCUT2D eigenvalue weighted by molar-refractivity contribution is -0.253. The average Bonchev–Trinajstić information content (AvgIpc) is 2.24. The van der Waals surface area contributed by atoms with E-state index in [-0.39, 0.29) is 0 Å². The lowest BCUT2D eigenvalue weighted by Crippen LogP contribution is -2.52. The fourth-order valence-corrected chi connectivity index (χ4v) is 2.41. The van der Waals surface area contributed by atoms with Gasteiger partial charge in [0.25, 0.3) is 0 Å².